The molecular formula is C26H38N4. The molecule has 162 valence electrons. The van der Waals surface area contributed by atoms with Gasteiger partial charge in [0.15, 0.2) is 0 Å². The first-order valence-electron chi connectivity index (χ1n) is 11.9. The first-order chi connectivity index (χ1) is 14.8. The fraction of sp³-hybridized carbons (Fsp3) is 0.538. The largest absolute Gasteiger partial charge is 0.387 e. The Kier molecular flexibility index (Phi) is 7.03. The third-order valence-electron chi connectivity index (χ3n) is 6.85. The van der Waals surface area contributed by atoms with Crippen molar-refractivity contribution in [2.24, 2.45) is 0 Å². The molecule has 0 unspecified atom stereocenters. The Bertz CT molecular complexity index is 783. The average Bonchev–Trinajstić information content (AvgIpc) is 2.76. The van der Waals surface area contributed by atoms with Crippen LogP contribution in [-0.4, -0.2) is 22.9 Å². The van der Waals surface area contributed by atoms with Crippen LogP contribution in [0.5, 0.6) is 0 Å². The summed E-state index contributed by atoms with van der Waals surface area (Å²) in [5.74, 6) is 0. The van der Waals surface area contributed by atoms with E-state index in [9.17, 15) is 0 Å². The number of unbranched alkanes of at least 4 members (excludes halogenated alkanes) is 3. The van der Waals surface area contributed by atoms with Gasteiger partial charge in [-0.25, -0.2) is 0 Å². The average molecular weight is 407 g/mol. The zero-order chi connectivity index (χ0) is 20.8. The van der Waals surface area contributed by atoms with Crippen LogP contribution in [0.4, 0.5) is 0 Å². The Labute approximate surface area is 182 Å². The van der Waals surface area contributed by atoms with Gasteiger partial charge in [0, 0.05) is 66.3 Å². The van der Waals surface area contributed by atoms with E-state index in [1.54, 1.807) is 5.70 Å². The van der Waals surface area contributed by atoms with Gasteiger partial charge in [-0.1, -0.05) is 38.2 Å². The number of allylic oxidation sites excluding steroid dienone is 6. The van der Waals surface area contributed by atoms with E-state index in [2.05, 4.69) is 45.7 Å². The first-order valence-corrected chi connectivity index (χ1v) is 11.9. The highest BCUT2D eigenvalue weighted by molar-refractivity contribution is 5.31. The summed E-state index contributed by atoms with van der Waals surface area (Å²) in [6, 6.07) is 0. The molecule has 0 aromatic rings. The van der Waals surface area contributed by atoms with Crippen molar-refractivity contribution in [2.45, 2.75) is 77.0 Å². The molecule has 0 radical (unpaired) electrons. The molecule has 0 aliphatic carbocycles. The number of fused-ring (bicyclic) bond motifs is 4. The minimum Gasteiger partial charge on any atom is -0.387 e. The second kappa shape index (κ2) is 10.1. The normalized spacial score (nSPS) is 20.7. The molecule has 4 aliphatic rings. The number of hydrogen-bond acceptors (Lipinski definition) is 4. The number of nitrogens with zero attached hydrogens (tertiary/aromatic N) is 2. The predicted octanol–water partition coefficient (Wildman–Crippen LogP) is 5.98. The van der Waals surface area contributed by atoms with Gasteiger partial charge >= 0.3 is 0 Å². The van der Waals surface area contributed by atoms with Crippen LogP contribution in [0, 0.1) is 0 Å². The summed E-state index contributed by atoms with van der Waals surface area (Å²) in [5, 5.41) is 7.11. The Hall–Kier alpha value is -2.36. The highest BCUT2D eigenvalue weighted by atomic mass is 15.2. The van der Waals surface area contributed by atoms with E-state index in [-0.39, 0.29) is 0 Å². The van der Waals surface area contributed by atoms with Crippen molar-refractivity contribution >= 4 is 0 Å². The van der Waals surface area contributed by atoms with Gasteiger partial charge in [-0.2, -0.15) is 0 Å². The van der Waals surface area contributed by atoms with Crippen LogP contribution in [0.25, 0.3) is 0 Å². The lowest BCUT2D eigenvalue weighted by Crippen LogP contribution is -2.32. The molecule has 4 aliphatic heterocycles. The number of nitrogens with one attached hydrogen (secondary N) is 2. The lowest BCUT2D eigenvalue weighted by Gasteiger charge is -2.39. The minimum atomic E-state index is 1.04. The lowest BCUT2D eigenvalue weighted by atomic mass is 9.95. The third-order valence-corrected chi connectivity index (χ3v) is 6.85. The molecule has 0 saturated carbocycles. The monoisotopic (exact) mass is 406 g/mol. The predicted molar refractivity (Wildman–Crippen MR) is 126 cm³/mol. The fourth-order valence-corrected chi connectivity index (χ4v) is 5.36. The van der Waals surface area contributed by atoms with Crippen molar-refractivity contribution in [3.63, 3.8) is 0 Å². The second-order valence-corrected chi connectivity index (χ2v) is 8.75. The van der Waals surface area contributed by atoms with Gasteiger partial charge in [-0.15, -0.1) is 0 Å². The van der Waals surface area contributed by atoms with E-state index in [0.717, 1.165) is 25.9 Å². The Balaban J connectivity index is 1.18. The maximum absolute atomic E-state index is 4.01. The lowest BCUT2D eigenvalue weighted by molar-refractivity contribution is 0.331. The van der Waals surface area contributed by atoms with Gasteiger partial charge in [0.2, 0.25) is 0 Å². The molecular weight excluding hydrogens is 368 g/mol. The highest BCUT2D eigenvalue weighted by Gasteiger charge is 2.26. The number of piperidine rings is 2. The second-order valence-electron chi connectivity index (χ2n) is 8.75. The molecule has 4 rings (SSSR count). The van der Waals surface area contributed by atoms with Crippen molar-refractivity contribution < 1.29 is 0 Å². The fourth-order valence-electron chi connectivity index (χ4n) is 5.36. The van der Waals surface area contributed by atoms with Crippen molar-refractivity contribution in [2.75, 3.05) is 13.1 Å². The molecule has 4 heteroatoms. The zero-order valence-corrected chi connectivity index (χ0v) is 18.5. The van der Waals surface area contributed by atoms with E-state index >= 15 is 0 Å². The molecule has 30 heavy (non-hydrogen) atoms. The van der Waals surface area contributed by atoms with E-state index in [4.69, 9.17) is 0 Å². The van der Waals surface area contributed by atoms with Crippen LogP contribution >= 0.6 is 0 Å². The highest BCUT2D eigenvalue weighted by Crippen LogP contribution is 2.36. The summed E-state index contributed by atoms with van der Waals surface area (Å²) in [4.78, 5) is 4.89. The van der Waals surface area contributed by atoms with Gasteiger partial charge in [0.25, 0.3) is 0 Å². The van der Waals surface area contributed by atoms with Gasteiger partial charge in [-0.05, 0) is 57.6 Å². The van der Waals surface area contributed by atoms with Gasteiger partial charge < -0.3 is 20.4 Å². The Morgan fingerprint density at radius 1 is 0.833 bits per heavy atom. The van der Waals surface area contributed by atoms with Crippen molar-refractivity contribution in [1.29, 1.82) is 0 Å². The quantitative estimate of drug-likeness (QED) is 0.413. The minimum absolute atomic E-state index is 1.04. The molecule has 2 fully saturated rings. The van der Waals surface area contributed by atoms with E-state index < -0.39 is 0 Å². The molecule has 4 bridgehead atoms. The molecule has 0 spiro atoms. The first kappa shape index (κ1) is 20.9. The van der Waals surface area contributed by atoms with Crippen molar-refractivity contribution in [3.8, 4) is 0 Å². The van der Waals surface area contributed by atoms with Crippen molar-refractivity contribution in [3.05, 3.63) is 71.9 Å². The van der Waals surface area contributed by atoms with Gasteiger partial charge in [-0.3, -0.25) is 0 Å². The third kappa shape index (κ3) is 4.53. The molecule has 2 saturated heterocycles. The number of rotatable bonds is 11. The van der Waals surface area contributed by atoms with E-state index in [0.29, 0.717) is 0 Å². The van der Waals surface area contributed by atoms with Crippen LogP contribution in [0.15, 0.2) is 71.9 Å². The van der Waals surface area contributed by atoms with Crippen LogP contribution < -0.4 is 10.6 Å². The van der Waals surface area contributed by atoms with Crippen LogP contribution in [0.3, 0.4) is 0 Å². The Morgan fingerprint density at radius 3 is 2.40 bits per heavy atom. The van der Waals surface area contributed by atoms with Gasteiger partial charge in [0.1, 0.15) is 0 Å². The van der Waals surface area contributed by atoms with Crippen LogP contribution in [0.1, 0.15) is 77.0 Å². The van der Waals surface area contributed by atoms with E-state index in [1.807, 2.05) is 12.4 Å². The van der Waals surface area contributed by atoms with Crippen LogP contribution in [-0.2, 0) is 0 Å². The topological polar surface area (TPSA) is 30.5 Å². The standard InChI is InChI=1S/C26H38N4/c1-3-27-23-17-16-22-12-10-14-26(23)30(22)20-8-6-5-7-19-28-24-18-15-21-11-9-13-25(24)29(21)4-2/h3-4,15-16,27-28H,1-2,5-14,17-20H2. The molecule has 2 N–H and O–H groups in total. The summed E-state index contributed by atoms with van der Waals surface area (Å²) < 4.78 is 0. The molecule has 4 nitrogen and oxygen atoms in total. The summed E-state index contributed by atoms with van der Waals surface area (Å²) >= 11 is 0. The summed E-state index contributed by atoms with van der Waals surface area (Å²) in [6.07, 6.45) is 23.2. The van der Waals surface area contributed by atoms with Crippen LogP contribution in [0.2, 0.25) is 0 Å². The molecule has 0 atom stereocenters. The smallest absolute Gasteiger partial charge is 0.0415 e. The van der Waals surface area contributed by atoms with E-state index in [1.165, 1.54) is 92.7 Å². The molecule has 0 aromatic heterocycles. The maximum Gasteiger partial charge on any atom is 0.0415 e. The molecule has 0 aromatic carbocycles. The SMILES string of the molecule is C=CNC1=C2CCCC(=CC1)N2CCCCCCNC1=C2CCCC(=CC1)N2C=C. The van der Waals surface area contributed by atoms with Crippen molar-refractivity contribution in [1.82, 2.24) is 20.4 Å². The summed E-state index contributed by atoms with van der Waals surface area (Å²) in [6.45, 7) is 10.1. The Morgan fingerprint density at radius 2 is 1.57 bits per heavy atom. The molecule has 0 amide bonds. The summed E-state index contributed by atoms with van der Waals surface area (Å²) in [7, 11) is 0. The zero-order valence-electron chi connectivity index (χ0n) is 18.5. The molecule has 4 heterocycles. The number of hydrogen-bond donors (Lipinski definition) is 2. The maximum atomic E-state index is 4.01. The summed E-state index contributed by atoms with van der Waals surface area (Å²) in [5.41, 5.74) is 8.73. The van der Waals surface area contributed by atoms with Gasteiger partial charge in [0.05, 0.1) is 0 Å².